The zero-order chi connectivity index (χ0) is 10.7. The van der Waals surface area contributed by atoms with Crippen LogP contribution in [0.4, 0.5) is 5.69 Å². The first-order valence-corrected chi connectivity index (χ1v) is 5.73. The smallest absolute Gasteiger partial charge is 0.143 e. The van der Waals surface area contributed by atoms with E-state index < -0.39 is 0 Å². The first-order chi connectivity index (χ1) is 7.20. The summed E-state index contributed by atoms with van der Waals surface area (Å²) in [5.74, 6) is 0.835. The van der Waals surface area contributed by atoms with Gasteiger partial charge < -0.3 is 10.5 Å². The van der Waals surface area contributed by atoms with Crippen molar-refractivity contribution in [3.05, 3.63) is 24.3 Å². The number of benzene rings is 1. The molecule has 0 amide bonds. The molecule has 1 aliphatic carbocycles. The van der Waals surface area contributed by atoms with Crippen molar-refractivity contribution in [1.82, 2.24) is 0 Å². The Hall–Kier alpha value is -1.18. The Balaban J connectivity index is 2.10. The molecular weight excluding hydrogens is 186 g/mol. The van der Waals surface area contributed by atoms with E-state index in [2.05, 4.69) is 6.92 Å². The molecule has 1 aliphatic rings. The van der Waals surface area contributed by atoms with Gasteiger partial charge in [0.25, 0.3) is 0 Å². The number of ether oxygens (including phenoxy) is 1. The number of hydrogen-bond acceptors (Lipinski definition) is 2. The van der Waals surface area contributed by atoms with Crippen LogP contribution < -0.4 is 10.5 Å². The highest BCUT2D eigenvalue weighted by Gasteiger charge is 2.29. The number of hydrogen-bond donors (Lipinski definition) is 1. The van der Waals surface area contributed by atoms with Crippen molar-refractivity contribution in [2.75, 3.05) is 5.73 Å². The van der Waals surface area contributed by atoms with Gasteiger partial charge in [-0.05, 0) is 44.7 Å². The lowest BCUT2D eigenvalue weighted by Gasteiger charge is -2.34. The van der Waals surface area contributed by atoms with Crippen molar-refractivity contribution in [1.29, 1.82) is 0 Å². The largest absolute Gasteiger partial charge is 0.485 e. The summed E-state index contributed by atoms with van der Waals surface area (Å²) in [6, 6.07) is 7.75. The van der Waals surface area contributed by atoms with Crippen LogP contribution in [0.15, 0.2) is 24.3 Å². The molecule has 15 heavy (non-hydrogen) atoms. The van der Waals surface area contributed by atoms with Gasteiger partial charge >= 0.3 is 0 Å². The van der Waals surface area contributed by atoms with Crippen LogP contribution in [0.1, 0.15) is 39.0 Å². The molecule has 1 aromatic carbocycles. The van der Waals surface area contributed by atoms with Gasteiger partial charge in [0.15, 0.2) is 0 Å². The zero-order valence-electron chi connectivity index (χ0n) is 9.33. The number of nitrogens with two attached hydrogens (primary N) is 1. The monoisotopic (exact) mass is 205 g/mol. The molecule has 2 N–H and O–H groups in total. The molecular formula is C13H19NO. The van der Waals surface area contributed by atoms with Gasteiger partial charge in [-0.1, -0.05) is 18.6 Å². The lowest BCUT2D eigenvalue weighted by Crippen LogP contribution is -2.34. The summed E-state index contributed by atoms with van der Waals surface area (Å²) < 4.78 is 6.05. The quantitative estimate of drug-likeness (QED) is 0.751. The van der Waals surface area contributed by atoms with E-state index in [1.54, 1.807) is 0 Å². The summed E-state index contributed by atoms with van der Waals surface area (Å²) >= 11 is 0. The lowest BCUT2D eigenvalue weighted by atomic mass is 9.86. The second-order valence-corrected chi connectivity index (χ2v) is 4.65. The van der Waals surface area contributed by atoms with E-state index >= 15 is 0 Å². The van der Waals surface area contributed by atoms with Crippen molar-refractivity contribution in [3.8, 4) is 5.75 Å². The number of anilines is 1. The molecule has 0 aliphatic heterocycles. The number of nitrogen functional groups attached to an aromatic ring is 1. The third kappa shape index (κ3) is 2.44. The van der Waals surface area contributed by atoms with Gasteiger partial charge in [0.1, 0.15) is 11.4 Å². The van der Waals surface area contributed by atoms with Crippen LogP contribution in [-0.2, 0) is 0 Å². The van der Waals surface area contributed by atoms with E-state index in [0.29, 0.717) is 0 Å². The van der Waals surface area contributed by atoms with Crippen LogP contribution in [0.25, 0.3) is 0 Å². The molecule has 2 nitrogen and oxygen atoms in total. The van der Waals surface area contributed by atoms with Gasteiger partial charge in [-0.25, -0.2) is 0 Å². The average molecular weight is 205 g/mol. The van der Waals surface area contributed by atoms with Crippen LogP contribution >= 0.6 is 0 Å². The Morgan fingerprint density at radius 2 is 1.80 bits per heavy atom. The highest BCUT2D eigenvalue weighted by atomic mass is 16.5. The third-order valence-electron chi connectivity index (χ3n) is 3.19. The van der Waals surface area contributed by atoms with E-state index in [4.69, 9.17) is 10.5 Å². The molecule has 0 unspecified atom stereocenters. The maximum Gasteiger partial charge on any atom is 0.143 e. The van der Waals surface area contributed by atoms with Crippen LogP contribution in [0, 0.1) is 0 Å². The second kappa shape index (κ2) is 4.13. The van der Waals surface area contributed by atoms with E-state index in [-0.39, 0.29) is 5.60 Å². The SMILES string of the molecule is CC1(Oc2ccccc2N)CCCCC1. The zero-order valence-corrected chi connectivity index (χ0v) is 9.33. The Labute approximate surface area is 91.4 Å². The van der Waals surface area contributed by atoms with Gasteiger partial charge in [-0.2, -0.15) is 0 Å². The van der Waals surface area contributed by atoms with Crippen molar-refractivity contribution >= 4 is 5.69 Å². The fourth-order valence-electron chi connectivity index (χ4n) is 2.24. The topological polar surface area (TPSA) is 35.2 Å². The number of rotatable bonds is 2. The molecule has 2 heteroatoms. The predicted molar refractivity (Wildman–Crippen MR) is 63.0 cm³/mol. The first-order valence-electron chi connectivity index (χ1n) is 5.73. The molecule has 0 bridgehead atoms. The minimum atomic E-state index is -0.00623. The lowest BCUT2D eigenvalue weighted by molar-refractivity contribution is 0.0495. The van der Waals surface area contributed by atoms with Crippen LogP contribution in [0.5, 0.6) is 5.75 Å². The molecule has 2 rings (SSSR count). The fourth-order valence-corrected chi connectivity index (χ4v) is 2.24. The van der Waals surface area contributed by atoms with Crippen LogP contribution in [-0.4, -0.2) is 5.60 Å². The normalized spacial score (nSPS) is 19.8. The summed E-state index contributed by atoms with van der Waals surface area (Å²) in [6.45, 7) is 2.19. The molecule has 0 spiro atoms. The highest BCUT2D eigenvalue weighted by molar-refractivity contribution is 5.52. The maximum absolute atomic E-state index is 6.05. The summed E-state index contributed by atoms with van der Waals surface area (Å²) in [5.41, 5.74) is 6.61. The Morgan fingerprint density at radius 1 is 1.13 bits per heavy atom. The van der Waals surface area contributed by atoms with Gasteiger partial charge in [0.2, 0.25) is 0 Å². The van der Waals surface area contributed by atoms with E-state index in [1.165, 1.54) is 19.3 Å². The molecule has 82 valence electrons. The number of para-hydroxylation sites is 2. The van der Waals surface area contributed by atoms with Gasteiger partial charge in [-0.15, -0.1) is 0 Å². The van der Waals surface area contributed by atoms with E-state index in [9.17, 15) is 0 Å². The second-order valence-electron chi connectivity index (χ2n) is 4.65. The first kappa shape index (κ1) is 10.3. The van der Waals surface area contributed by atoms with Gasteiger partial charge in [0, 0.05) is 0 Å². The third-order valence-corrected chi connectivity index (χ3v) is 3.19. The van der Waals surface area contributed by atoms with E-state index in [0.717, 1.165) is 24.3 Å². The summed E-state index contributed by atoms with van der Waals surface area (Å²) in [5, 5.41) is 0. The Bertz CT molecular complexity index is 329. The predicted octanol–water partition coefficient (Wildman–Crippen LogP) is 3.37. The molecule has 1 aromatic rings. The summed E-state index contributed by atoms with van der Waals surface area (Å²) in [4.78, 5) is 0. The van der Waals surface area contributed by atoms with Gasteiger partial charge in [-0.3, -0.25) is 0 Å². The van der Waals surface area contributed by atoms with Gasteiger partial charge in [0.05, 0.1) is 5.69 Å². The van der Waals surface area contributed by atoms with Crippen molar-refractivity contribution in [2.24, 2.45) is 0 Å². The molecule has 1 fully saturated rings. The van der Waals surface area contributed by atoms with Crippen molar-refractivity contribution in [2.45, 2.75) is 44.6 Å². The average Bonchev–Trinajstić information content (AvgIpc) is 2.22. The summed E-state index contributed by atoms with van der Waals surface area (Å²) in [6.07, 6.45) is 6.15. The van der Waals surface area contributed by atoms with E-state index in [1.807, 2.05) is 24.3 Å². The van der Waals surface area contributed by atoms with Crippen LogP contribution in [0.2, 0.25) is 0 Å². The molecule has 0 saturated heterocycles. The fraction of sp³-hybridized carbons (Fsp3) is 0.538. The molecule has 0 heterocycles. The molecule has 1 saturated carbocycles. The summed E-state index contributed by atoms with van der Waals surface area (Å²) in [7, 11) is 0. The minimum absolute atomic E-state index is 0.00623. The maximum atomic E-state index is 6.05. The Kier molecular flexibility index (Phi) is 2.85. The van der Waals surface area contributed by atoms with Crippen molar-refractivity contribution < 1.29 is 4.74 Å². The minimum Gasteiger partial charge on any atom is -0.485 e. The van der Waals surface area contributed by atoms with Crippen LogP contribution in [0.3, 0.4) is 0 Å². The molecule has 0 atom stereocenters. The standard InChI is InChI=1S/C13H19NO/c1-13(9-5-2-6-10-13)15-12-8-4-3-7-11(12)14/h3-4,7-8H,2,5-6,9-10,14H2,1H3. The molecule has 0 aromatic heterocycles. The highest BCUT2D eigenvalue weighted by Crippen LogP contribution is 2.34. The molecule has 0 radical (unpaired) electrons. The van der Waals surface area contributed by atoms with Crippen molar-refractivity contribution in [3.63, 3.8) is 0 Å². The Morgan fingerprint density at radius 3 is 2.47 bits per heavy atom.